The molecule has 0 radical (unpaired) electrons. The highest BCUT2D eigenvalue weighted by atomic mass is 35.5. The van der Waals surface area contributed by atoms with E-state index in [0.29, 0.717) is 10.6 Å². The molecule has 8 heteroatoms. The number of rotatable bonds is 3. The third kappa shape index (κ3) is 3.11. The number of hydrogen-bond donors (Lipinski definition) is 2. The van der Waals surface area contributed by atoms with Gasteiger partial charge in [0.05, 0.1) is 11.8 Å². The molecule has 0 bridgehead atoms. The Morgan fingerprint density at radius 3 is 2.70 bits per heavy atom. The number of H-pyrrole nitrogens is 1. The second-order valence-electron chi connectivity index (χ2n) is 3.93. The molecule has 2 rings (SSSR count). The van der Waals surface area contributed by atoms with Crippen molar-refractivity contribution in [1.29, 1.82) is 0 Å². The SMILES string of the molecule is O=C(NCc1ccccc1Cl)c1cn[nH]c1C(F)(F)F. The van der Waals surface area contributed by atoms with Crippen LogP contribution in [0.15, 0.2) is 30.5 Å². The van der Waals surface area contributed by atoms with Crippen LogP contribution in [0.1, 0.15) is 21.6 Å². The van der Waals surface area contributed by atoms with Gasteiger partial charge in [-0.15, -0.1) is 0 Å². The smallest absolute Gasteiger partial charge is 0.348 e. The standard InChI is InChI=1S/C12H9ClF3N3O/c13-9-4-2-1-3-7(9)5-17-11(20)8-6-18-19-10(8)12(14,15)16/h1-4,6H,5H2,(H,17,20)(H,18,19). The fraction of sp³-hybridized carbons (Fsp3) is 0.167. The third-order valence-corrected chi connectivity index (χ3v) is 2.93. The van der Waals surface area contributed by atoms with Gasteiger partial charge in [0.15, 0.2) is 5.69 Å². The van der Waals surface area contributed by atoms with E-state index in [1.807, 2.05) is 0 Å². The molecule has 1 heterocycles. The molecule has 0 saturated carbocycles. The lowest BCUT2D eigenvalue weighted by Crippen LogP contribution is -2.25. The molecule has 0 fully saturated rings. The summed E-state index contributed by atoms with van der Waals surface area (Å²) in [5.41, 5.74) is -1.11. The van der Waals surface area contributed by atoms with E-state index in [4.69, 9.17) is 11.6 Å². The van der Waals surface area contributed by atoms with Crippen LogP contribution in [0.5, 0.6) is 0 Å². The average Bonchev–Trinajstić information content (AvgIpc) is 2.86. The molecule has 0 aliphatic carbocycles. The van der Waals surface area contributed by atoms with Crippen LogP contribution in [-0.2, 0) is 12.7 Å². The van der Waals surface area contributed by atoms with E-state index in [0.717, 1.165) is 6.20 Å². The molecule has 2 N–H and O–H groups in total. The zero-order valence-electron chi connectivity index (χ0n) is 9.96. The third-order valence-electron chi connectivity index (χ3n) is 2.56. The van der Waals surface area contributed by atoms with Crippen LogP contribution >= 0.6 is 11.6 Å². The van der Waals surface area contributed by atoms with Crippen LogP contribution < -0.4 is 5.32 Å². The van der Waals surface area contributed by atoms with Crippen molar-refractivity contribution in [2.45, 2.75) is 12.7 Å². The molecule has 1 amide bonds. The van der Waals surface area contributed by atoms with Crippen molar-refractivity contribution in [3.8, 4) is 0 Å². The lowest BCUT2D eigenvalue weighted by Gasteiger charge is -2.08. The summed E-state index contributed by atoms with van der Waals surface area (Å²) < 4.78 is 37.8. The molecule has 106 valence electrons. The summed E-state index contributed by atoms with van der Waals surface area (Å²) in [5.74, 6) is -0.869. The number of nitrogens with one attached hydrogen (secondary N) is 2. The predicted molar refractivity (Wildman–Crippen MR) is 66.2 cm³/mol. The van der Waals surface area contributed by atoms with Gasteiger partial charge < -0.3 is 5.32 Å². The maximum atomic E-state index is 12.6. The summed E-state index contributed by atoms with van der Waals surface area (Å²) in [5, 5.41) is 7.82. The number of benzene rings is 1. The second-order valence-corrected chi connectivity index (χ2v) is 4.34. The van der Waals surface area contributed by atoms with Gasteiger partial charge in [0.2, 0.25) is 0 Å². The molecular weight excluding hydrogens is 295 g/mol. The van der Waals surface area contributed by atoms with Crippen LogP contribution in [0, 0.1) is 0 Å². The van der Waals surface area contributed by atoms with E-state index < -0.39 is 23.3 Å². The number of nitrogens with zero attached hydrogens (tertiary/aromatic N) is 1. The lowest BCUT2D eigenvalue weighted by atomic mass is 10.2. The molecular formula is C12H9ClF3N3O. The van der Waals surface area contributed by atoms with Gasteiger partial charge >= 0.3 is 6.18 Å². The van der Waals surface area contributed by atoms with Gasteiger partial charge in [-0.3, -0.25) is 9.89 Å². The molecule has 0 atom stereocenters. The van der Waals surface area contributed by atoms with Crippen LogP contribution in [0.3, 0.4) is 0 Å². The normalized spacial score (nSPS) is 11.4. The number of aromatic nitrogens is 2. The topological polar surface area (TPSA) is 57.8 Å². The zero-order valence-corrected chi connectivity index (χ0v) is 10.7. The Morgan fingerprint density at radius 2 is 2.05 bits per heavy atom. The number of carbonyl (C=O) groups excluding carboxylic acids is 1. The number of amides is 1. The van der Waals surface area contributed by atoms with Gasteiger partial charge in [-0.25, -0.2) is 0 Å². The Hall–Kier alpha value is -2.02. The van der Waals surface area contributed by atoms with Crippen molar-refractivity contribution in [2.75, 3.05) is 0 Å². The lowest BCUT2D eigenvalue weighted by molar-refractivity contribution is -0.141. The Labute approximate surface area is 116 Å². The Morgan fingerprint density at radius 1 is 1.35 bits per heavy atom. The summed E-state index contributed by atoms with van der Waals surface area (Å²) in [6, 6.07) is 6.72. The maximum Gasteiger partial charge on any atom is 0.433 e. The minimum Gasteiger partial charge on any atom is -0.348 e. The molecule has 1 aromatic heterocycles. The molecule has 0 aliphatic rings. The predicted octanol–water partition coefficient (Wildman–Crippen LogP) is 3.01. The molecule has 1 aromatic carbocycles. The van der Waals surface area contributed by atoms with E-state index in [2.05, 4.69) is 10.4 Å². The quantitative estimate of drug-likeness (QED) is 0.915. The van der Waals surface area contributed by atoms with Crippen molar-refractivity contribution in [2.24, 2.45) is 0 Å². The molecule has 4 nitrogen and oxygen atoms in total. The van der Waals surface area contributed by atoms with Gasteiger partial charge in [0, 0.05) is 11.6 Å². The van der Waals surface area contributed by atoms with E-state index in [1.165, 1.54) is 0 Å². The van der Waals surface area contributed by atoms with Crippen LogP contribution in [-0.4, -0.2) is 16.1 Å². The van der Waals surface area contributed by atoms with E-state index in [1.54, 1.807) is 29.4 Å². The zero-order chi connectivity index (χ0) is 14.8. The second kappa shape index (κ2) is 5.54. The number of hydrogen-bond acceptors (Lipinski definition) is 2. The van der Waals surface area contributed by atoms with E-state index in [9.17, 15) is 18.0 Å². The summed E-state index contributed by atoms with van der Waals surface area (Å²) in [7, 11) is 0. The number of carbonyl (C=O) groups is 1. The molecule has 0 spiro atoms. The first kappa shape index (κ1) is 14.4. The molecule has 0 saturated heterocycles. The van der Waals surface area contributed by atoms with Gasteiger partial charge in [-0.2, -0.15) is 18.3 Å². The summed E-state index contributed by atoms with van der Waals surface area (Å²) in [6.07, 6.45) is -3.82. The molecule has 2 aromatic rings. The van der Waals surface area contributed by atoms with Crippen molar-refractivity contribution in [1.82, 2.24) is 15.5 Å². The molecule has 0 aliphatic heterocycles. The largest absolute Gasteiger partial charge is 0.433 e. The Balaban J connectivity index is 2.10. The van der Waals surface area contributed by atoms with Gasteiger partial charge in [-0.1, -0.05) is 29.8 Å². The van der Waals surface area contributed by atoms with Crippen LogP contribution in [0.4, 0.5) is 13.2 Å². The highest BCUT2D eigenvalue weighted by Gasteiger charge is 2.37. The summed E-state index contributed by atoms with van der Waals surface area (Å²) in [6.45, 7) is 0.0288. The highest BCUT2D eigenvalue weighted by Crippen LogP contribution is 2.29. The van der Waals surface area contributed by atoms with Crippen molar-refractivity contribution >= 4 is 17.5 Å². The van der Waals surface area contributed by atoms with E-state index in [-0.39, 0.29) is 6.54 Å². The molecule has 0 unspecified atom stereocenters. The number of halogens is 4. The van der Waals surface area contributed by atoms with E-state index >= 15 is 0 Å². The fourth-order valence-corrected chi connectivity index (χ4v) is 1.79. The summed E-state index contributed by atoms with van der Waals surface area (Å²) >= 11 is 5.89. The van der Waals surface area contributed by atoms with Crippen LogP contribution in [0.2, 0.25) is 5.02 Å². The fourth-order valence-electron chi connectivity index (χ4n) is 1.59. The first-order valence-electron chi connectivity index (χ1n) is 5.51. The van der Waals surface area contributed by atoms with Crippen molar-refractivity contribution in [3.05, 3.63) is 52.3 Å². The Bertz CT molecular complexity index is 624. The van der Waals surface area contributed by atoms with Gasteiger partial charge in [0.25, 0.3) is 5.91 Å². The Kier molecular flexibility index (Phi) is 3.99. The number of aromatic amines is 1. The monoisotopic (exact) mass is 303 g/mol. The van der Waals surface area contributed by atoms with Gasteiger partial charge in [-0.05, 0) is 11.6 Å². The highest BCUT2D eigenvalue weighted by molar-refractivity contribution is 6.31. The van der Waals surface area contributed by atoms with Crippen molar-refractivity contribution in [3.63, 3.8) is 0 Å². The summed E-state index contributed by atoms with van der Waals surface area (Å²) in [4.78, 5) is 11.7. The molecule has 20 heavy (non-hydrogen) atoms. The minimum absolute atomic E-state index is 0.0288. The van der Waals surface area contributed by atoms with Crippen LogP contribution in [0.25, 0.3) is 0 Å². The first-order chi connectivity index (χ1) is 9.39. The first-order valence-corrected chi connectivity index (χ1v) is 5.89. The van der Waals surface area contributed by atoms with Gasteiger partial charge in [0.1, 0.15) is 0 Å². The number of alkyl halides is 3. The minimum atomic E-state index is -4.66. The van der Waals surface area contributed by atoms with Crippen molar-refractivity contribution < 1.29 is 18.0 Å². The maximum absolute atomic E-state index is 12.6. The average molecular weight is 304 g/mol.